The van der Waals surface area contributed by atoms with Crippen molar-refractivity contribution in [3.05, 3.63) is 40.5 Å². The molecule has 0 saturated heterocycles. The van der Waals surface area contributed by atoms with E-state index in [1.54, 1.807) is 23.5 Å². The van der Waals surface area contributed by atoms with E-state index in [9.17, 15) is 4.39 Å². The lowest BCUT2D eigenvalue weighted by molar-refractivity contribution is 0.631. The molecule has 2 N–H and O–H groups in total. The Labute approximate surface area is 97.9 Å². The van der Waals surface area contributed by atoms with Gasteiger partial charge in [0.25, 0.3) is 0 Å². The second-order valence-corrected chi connectivity index (χ2v) is 4.44. The van der Waals surface area contributed by atoms with Gasteiger partial charge in [0, 0.05) is 17.4 Å². The standard InChI is InChI=1S/C12H13FN2S/c13-10-5-2-1-4-9(10)11-8-16-12(15-11)6-3-7-14/h1-2,4-5,8H,3,6-7,14H2. The topological polar surface area (TPSA) is 38.9 Å². The molecule has 0 saturated carbocycles. The zero-order valence-electron chi connectivity index (χ0n) is 8.82. The molecule has 1 aromatic heterocycles. The predicted octanol–water partition coefficient (Wildman–Crippen LogP) is 2.84. The highest BCUT2D eigenvalue weighted by Gasteiger charge is 2.08. The maximum Gasteiger partial charge on any atom is 0.132 e. The van der Waals surface area contributed by atoms with E-state index in [1.807, 2.05) is 11.4 Å². The number of halogens is 1. The van der Waals surface area contributed by atoms with Crippen LogP contribution in [0.15, 0.2) is 29.6 Å². The third-order valence-corrected chi connectivity index (χ3v) is 3.20. The molecular weight excluding hydrogens is 223 g/mol. The van der Waals surface area contributed by atoms with E-state index in [0.717, 1.165) is 23.5 Å². The SMILES string of the molecule is NCCCc1nc(-c2ccccc2F)cs1. The fraction of sp³-hybridized carbons (Fsp3) is 0.250. The van der Waals surface area contributed by atoms with Gasteiger partial charge in [0.2, 0.25) is 0 Å². The van der Waals surface area contributed by atoms with E-state index in [1.165, 1.54) is 6.07 Å². The Morgan fingerprint density at radius 2 is 2.12 bits per heavy atom. The number of hydrogen-bond acceptors (Lipinski definition) is 3. The van der Waals surface area contributed by atoms with E-state index in [-0.39, 0.29) is 5.82 Å². The van der Waals surface area contributed by atoms with E-state index in [0.29, 0.717) is 12.1 Å². The first kappa shape index (κ1) is 11.2. The molecule has 0 bridgehead atoms. The number of aromatic nitrogens is 1. The van der Waals surface area contributed by atoms with Gasteiger partial charge in [0.05, 0.1) is 10.7 Å². The first-order valence-corrected chi connectivity index (χ1v) is 6.08. The Morgan fingerprint density at radius 3 is 2.88 bits per heavy atom. The molecule has 0 amide bonds. The summed E-state index contributed by atoms with van der Waals surface area (Å²) < 4.78 is 13.5. The highest BCUT2D eigenvalue weighted by atomic mass is 32.1. The number of hydrogen-bond donors (Lipinski definition) is 1. The average Bonchev–Trinajstić information content (AvgIpc) is 2.75. The van der Waals surface area contributed by atoms with Crippen LogP contribution >= 0.6 is 11.3 Å². The zero-order chi connectivity index (χ0) is 11.4. The highest BCUT2D eigenvalue weighted by molar-refractivity contribution is 7.09. The van der Waals surface area contributed by atoms with Gasteiger partial charge in [-0.3, -0.25) is 0 Å². The van der Waals surface area contributed by atoms with Crippen LogP contribution in [0.5, 0.6) is 0 Å². The number of aryl methyl sites for hydroxylation is 1. The van der Waals surface area contributed by atoms with Crippen molar-refractivity contribution in [2.24, 2.45) is 5.73 Å². The lowest BCUT2D eigenvalue weighted by Gasteiger charge is -1.97. The molecule has 0 radical (unpaired) electrons. The Bertz CT molecular complexity index is 468. The minimum Gasteiger partial charge on any atom is -0.330 e. The average molecular weight is 236 g/mol. The number of benzene rings is 1. The first-order chi connectivity index (χ1) is 7.81. The third kappa shape index (κ3) is 2.46. The smallest absolute Gasteiger partial charge is 0.132 e. The fourth-order valence-corrected chi connectivity index (χ4v) is 2.31. The summed E-state index contributed by atoms with van der Waals surface area (Å²) in [7, 11) is 0. The molecule has 0 fully saturated rings. The fourth-order valence-electron chi connectivity index (χ4n) is 1.47. The minimum absolute atomic E-state index is 0.224. The summed E-state index contributed by atoms with van der Waals surface area (Å²) in [6.45, 7) is 0.661. The summed E-state index contributed by atoms with van der Waals surface area (Å²) in [5.41, 5.74) is 6.72. The molecule has 4 heteroatoms. The number of nitrogens with two attached hydrogens (primary N) is 1. The summed E-state index contributed by atoms with van der Waals surface area (Å²) >= 11 is 1.56. The van der Waals surface area contributed by atoms with Crippen LogP contribution in [0.1, 0.15) is 11.4 Å². The number of thiazole rings is 1. The van der Waals surface area contributed by atoms with Crippen LogP contribution in [0, 0.1) is 5.82 Å². The molecule has 1 aromatic carbocycles. The van der Waals surface area contributed by atoms with Gasteiger partial charge >= 0.3 is 0 Å². The Morgan fingerprint density at radius 1 is 1.31 bits per heavy atom. The normalized spacial score (nSPS) is 10.6. The van der Waals surface area contributed by atoms with Crippen LogP contribution in [-0.2, 0) is 6.42 Å². The molecule has 0 aliphatic carbocycles. The Balaban J connectivity index is 2.22. The van der Waals surface area contributed by atoms with Gasteiger partial charge in [-0.2, -0.15) is 0 Å². The van der Waals surface area contributed by atoms with Crippen molar-refractivity contribution in [1.29, 1.82) is 0 Å². The monoisotopic (exact) mass is 236 g/mol. The number of rotatable bonds is 4. The van der Waals surface area contributed by atoms with Crippen LogP contribution in [0.3, 0.4) is 0 Å². The summed E-state index contributed by atoms with van der Waals surface area (Å²) in [5.74, 6) is -0.224. The second-order valence-electron chi connectivity index (χ2n) is 3.50. The summed E-state index contributed by atoms with van der Waals surface area (Å²) in [4.78, 5) is 4.40. The predicted molar refractivity (Wildman–Crippen MR) is 64.9 cm³/mol. The maximum absolute atomic E-state index is 13.5. The van der Waals surface area contributed by atoms with E-state index >= 15 is 0 Å². The largest absolute Gasteiger partial charge is 0.330 e. The van der Waals surface area contributed by atoms with Crippen LogP contribution < -0.4 is 5.73 Å². The molecule has 0 spiro atoms. The third-order valence-electron chi connectivity index (χ3n) is 2.30. The first-order valence-electron chi connectivity index (χ1n) is 5.20. The molecule has 2 rings (SSSR count). The van der Waals surface area contributed by atoms with Gasteiger partial charge in [0.1, 0.15) is 5.82 Å². The Kier molecular flexibility index (Phi) is 3.64. The van der Waals surface area contributed by atoms with Gasteiger partial charge in [-0.1, -0.05) is 12.1 Å². The van der Waals surface area contributed by atoms with Crippen molar-refractivity contribution in [1.82, 2.24) is 4.98 Å². The molecular formula is C12H13FN2S. The summed E-state index contributed by atoms with van der Waals surface area (Å²) in [6.07, 6.45) is 1.79. The van der Waals surface area contributed by atoms with E-state index < -0.39 is 0 Å². The van der Waals surface area contributed by atoms with Crippen LogP contribution in [-0.4, -0.2) is 11.5 Å². The van der Waals surface area contributed by atoms with Crippen LogP contribution in [0.2, 0.25) is 0 Å². The molecule has 2 aromatic rings. The van der Waals surface area contributed by atoms with Gasteiger partial charge < -0.3 is 5.73 Å². The van der Waals surface area contributed by atoms with Gasteiger partial charge in [-0.25, -0.2) is 9.37 Å². The van der Waals surface area contributed by atoms with Crippen LogP contribution in [0.25, 0.3) is 11.3 Å². The van der Waals surface area contributed by atoms with Crippen molar-refractivity contribution in [2.75, 3.05) is 6.54 Å². The lowest BCUT2D eigenvalue weighted by Crippen LogP contribution is -1.99. The maximum atomic E-state index is 13.5. The van der Waals surface area contributed by atoms with Crippen molar-refractivity contribution < 1.29 is 4.39 Å². The minimum atomic E-state index is -0.224. The molecule has 0 unspecified atom stereocenters. The molecule has 0 atom stereocenters. The van der Waals surface area contributed by atoms with Crippen molar-refractivity contribution in [2.45, 2.75) is 12.8 Å². The molecule has 1 heterocycles. The zero-order valence-corrected chi connectivity index (χ0v) is 9.64. The molecule has 16 heavy (non-hydrogen) atoms. The van der Waals surface area contributed by atoms with Crippen molar-refractivity contribution >= 4 is 11.3 Å². The number of nitrogens with zero attached hydrogens (tertiary/aromatic N) is 1. The lowest BCUT2D eigenvalue weighted by atomic mass is 10.1. The molecule has 84 valence electrons. The molecule has 0 aliphatic heterocycles. The highest BCUT2D eigenvalue weighted by Crippen LogP contribution is 2.24. The van der Waals surface area contributed by atoms with Crippen molar-refractivity contribution in [3.8, 4) is 11.3 Å². The summed E-state index contributed by atoms with van der Waals surface area (Å²) in [5, 5.41) is 2.91. The van der Waals surface area contributed by atoms with Gasteiger partial charge in [-0.15, -0.1) is 11.3 Å². The van der Waals surface area contributed by atoms with Gasteiger partial charge in [-0.05, 0) is 25.1 Å². The second kappa shape index (κ2) is 5.18. The molecule has 0 aliphatic rings. The quantitative estimate of drug-likeness (QED) is 0.886. The molecule has 2 nitrogen and oxygen atoms in total. The van der Waals surface area contributed by atoms with Crippen LogP contribution in [0.4, 0.5) is 4.39 Å². The van der Waals surface area contributed by atoms with E-state index in [2.05, 4.69) is 4.98 Å². The Hall–Kier alpha value is -1.26. The van der Waals surface area contributed by atoms with Gasteiger partial charge in [0.15, 0.2) is 0 Å². The van der Waals surface area contributed by atoms with Crippen molar-refractivity contribution in [3.63, 3.8) is 0 Å². The van der Waals surface area contributed by atoms with E-state index in [4.69, 9.17) is 5.73 Å². The summed E-state index contributed by atoms with van der Waals surface area (Å²) in [6, 6.07) is 6.70.